The summed E-state index contributed by atoms with van der Waals surface area (Å²) in [5, 5.41) is 3.56. The van der Waals surface area contributed by atoms with E-state index in [1.54, 1.807) is 6.07 Å². The van der Waals surface area contributed by atoms with Gasteiger partial charge in [0, 0.05) is 24.2 Å². The van der Waals surface area contributed by atoms with E-state index in [1.165, 1.54) is 6.07 Å². The summed E-state index contributed by atoms with van der Waals surface area (Å²) >= 11 is 0. The van der Waals surface area contributed by atoms with Crippen LogP contribution in [0.5, 0.6) is 0 Å². The Balaban J connectivity index is 1.58. The summed E-state index contributed by atoms with van der Waals surface area (Å²) in [7, 11) is 0. The Morgan fingerprint density at radius 1 is 1.14 bits per heavy atom. The van der Waals surface area contributed by atoms with Crippen molar-refractivity contribution in [2.45, 2.75) is 32.1 Å². The molecule has 1 aliphatic rings. The van der Waals surface area contributed by atoms with Crippen molar-refractivity contribution in [2.24, 2.45) is 0 Å². The monoisotopic (exact) mass is 377 g/mol. The van der Waals surface area contributed by atoms with Crippen LogP contribution in [0.1, 0.15) is 37.7 Å². The second-order valence-corrected chi connectivity index (χ2v) is 7.25. The molecule has 5 heteroatoms. The number of rotatable bonds is 5. The van der Waals surface area contributed by atoms with Crippen molar-refractivity contribution < 1.29 is 9.18 Å². The van der Waals surface area contributed by atoms with Gasteiger partial charge in [0.15, 0.2) is 5.82 Å². The topological polar surface area (TPSA) is 45.2 Å². The molecule has 2 aromatic carbocycles. The highest BCUT2D eigenvalue weighted by atomic mass is 19.1. The van der Waals surface area contributed by atoms with Gasteiger partial charge in [-0.25, -0.2) is 9.37 Å². The molecule has 1 N–H and O–H groups in total. The van der Waals surface area contributed by atoms with Gasteiger partial charge >= 0.3 is 0 Å². The Hall–Kier alpha value is -2.95. The molecule has 1 amide bonds. The highest BCUT2D eigenvalue weighted by Gasteiger charge is 2.20. The van der Waals surface area contributed by atoms with E-state index in [9.17, 15) is 9.18 Å². The van der Waals surface area contributed by atoms with Gasteiger partial charge in [0.1, 0.15) is 11.3 Å². The first-order valence-corrected chi connectivity index (χ1v) is 9.87. The largest absolute Gasteiger partial charge is 0.357 e. The maximum atomic E-state index is 14.7. The third-order valence-electron chi connectivity index (χ3n) is 5.36. The number of amides is 1. The van der Waals surface area contributed by atoms with E-state index < -0.39 is 5.82 Å². The molecule has 1 saturated heterocycles. The normalized spacial score (nSPS) is 15.0. The van der Waals surface area contributed by atoms with E-state index in [2.05, 4.69) is 15.2 Å². The van der Waals surface area contributed by atoms with Crippen molar-refractivity contribution in [3.63, 3.8) is 0 Å². The van der Waals surface area contributed by atoms with E-state index >= 15 is 0 Å². The predicted molar refractivity (Wildman–Crippen MR) is 111 cm³/mol. The molecule has 0 bridgehead atoms. The summed E-state index contributed by atoms with van der Waals surface area (Å²) in [6, 6.07) is 16.6. The smallest absolute Gasteiger partial charge is 0.231 e. The first-order chi connectivity index (χ1) is 13.7. The number of halogens is 1. The van der Waals surface area contributed by atoms with Crippen molar-refractivity contribution in [1.29, 1.82) is 0 Å². The second kappa shape index (κ2) is 7.97. The molecule has 28 heavy (non-hydrogen) atoms. The Bertz CT molecular complexity index is 984. The second-order valence-electron chi connectivity index (χ2n) is 7.25. The van der Waals surface area contributed by atoms with Crippen LogP contribution >= 0.6 is 0 Å². The van der Waals surface area contributed by atoms with Gasteiger partial charge in [-0.1, -0.05) is 37.3 Å². The molecule has 3 aromatic rings. The molecule has 0 spiro atoms. The van der Waals surface area contributed by atoms with Crippen molar-refractivity contribution in [3.8, 4) is 0 Å². The molecule has 2 heterocycles. The number of aromatic nitrogens is 1. The minimum Gasteiger partial charge on any atom is -0.357 e. The fraction of sp³-hybridized carbons (Fsp3) is 0.304. The van der Waals surface area contributed by atoms with Gasteiger partial charge in [-0.15, -0.1) is 0 Å². The highest BCUT2D eigenvalue weighted by Crippen LogP contribution is 2.27. The number of nitrogens with one attached hydrogen (secondary N) is 1. The molecule has 4 nitrogen and oxygen atoms in total. The van der Waals surface area contributed by atoms with Gasteiger partial charge in [0.2, 0.25) is 5.91 Å². The maximum absolute atomic E-state index is 14.7. The number of carbonyl (C=O) groups excluding carboxylic acids is 1. The Labute approximate surface area is 164 Å². The van der Waals surface area contributed by atoms with Gasteiger partial charge in [-0.2, -0.15) is 0 Å². The van der Waals surface area contributed by atoms with Crippen LogP contribution in [0.25, 0.3) is 10.9 Å². The standard InChI is InChI=1S/C23H24FN3O/c1-2-19(16-8-4-3-5-9-16)23(28)25-18-14-17-10-11-21(27-12-6-7-13-27)26-22(17)20(24)15-18/h3-5,8-11,14-15,19H,2,6-7,12-13H2,1H3,(H,25,28)/t19-/m0/s1. The molecule has 0 unspecified atom stereocenters. The molecular formula is C23H24FN3O. The first kappa shape index (κ1) is 18.4. The third kappa shape index (κ3) is 3.70. The van der Waals surface area contributed by atoms with E-state index in [0.29, 0.717) is 23.0 Å². The lowest BCUT2D eigenvalue weighted by molar-refractivity contribution is -0.117. The zero-order valence-corrected chi connectivity index (χ0v) is 16.0. The van der Waals surface area contributed by atoms with Crippen LogP contribution in [-0.4, -0.2) is 24.0 Å². The van der Waals surface area contributed by atoms with Gasteiger partial charge in [0.05, 0.1) is 5.92 Å². The van der Waals surface area contributed by atoms with Gasteiger partial charge in [0.25, 0.3) is 0 Å². The molecule has 1 fully saturated rings. The van der Waals surface area contributed by atoms with E-state index in [-0.39, 0.29) is 11.8 Å². The first-order valence-electron chi connectivity index (χ1n) is 9.87. The predicted octanol–water partition coefficient (Wildman–Crippen LogP) is 5.11. The number of anilines is 2. The van der Waals surface area contributed by atoms with Crippen molar-refractivity contribution in [3.05, 3.63) is 66.0 Å². The van der Waals surface area contributed by atoms with Crippen LogP contribution in [0.3, 0.4) is 0 Å². The number of fused-ring (bicyclic) bond motifs is 1. The number of nitrogens with zero attached hydrogens (tertiary/aromatic N) is 2. The third-order valence-corrected chi connectivity index (χ3v) is 5.36. The van der Waals surface area contributed by atoms with Gasteiger partial charge < -0.3 is 10.2 Å². The van der Waals surface area contributed by atoms with Crippen molar-refractivity contribution >= 4 is 28.3 Å². The molecule has 0 saturated carbocycles. The fourth-order valence-electron chi connectivity index (χ4n) is 3.86. The molecule has 1 aliphatic heterocycles. The lowest BCUT2D eigenvalue weighted by Gasteiger charge is -2.18. The zero-order valence-electron chi connectivity index (χ0n) is 16.0. The number of carbonyl (C=O) groups is 1. The molecule has 4 rings (SSSR count). The van der Waals surface area contributed by atoms with Crippen molar-refractivity contribution in [1.82, 2.24) is 4.98 Å². The average molecular weight is 377 g/mol. The Morgan fingerprint density at radius 3 is 2.61 bits per heavy atom. The summed E-state index contributed by atoms with van der Waals surface area (Å²) in [5.74, 6) is 0.00198. The molecule has 0 radical (unpaired) electrons. The number of hydrogen-bond acceptors (Lipinski definition) is 3. The molecule has 0 aliphatic carbocycles. The van der Waals surface area contributed by atoms with Crippen molar-refractivity contribution in [2.75, 3.05) is 23.3 Å². The fourth-order valence-corrected chi connectivity index (χ4v) is 3.86. The zero-order chi connectivity index (χ0) is 19.5. The summed E-state index contributed by atoms with van der Waals surface area (Å²) in [4.78, 5) is 19.5. The summed E-state index contributed by atoms with van der Waals surface area (Å²) < 4.78 is 14.7. The highest BCUT2D eigenvalue weighted by molar-refractivity contribution is 5.97. The van der Waals surface area contributed by atoms with Gasteiger partial charge in [-0.3, -0.25) is 4.79 Å². The quantitative estimate of drug-likeness (QED) is 0.672. The van der Waals surface area contributed by atoms with Crippen LogP contribution in [0.2, 0.25) is 0 Å². The number of hydrogen-bond donors (Lipinski definition) is 1. The van der Waals surface area contributed by atoms with E-state index in [0.717, 1.165) is 37.3 Å². The Kier molecular flexibility index (Phi) is 5.24. The van der Waals surface area contributed by atoms with Crippen LogP contribution in [-0.2, 0) is 4.79 Å². The molecule has 1 atom stereocenters. The van der Waals surface area contributed by atoms with E-state index in [1.807, 2.05) is 49.4 Å². The van der Waals surface area contributed by atoms with E-state index in [4.69, 9.17) is 0 Å². The molecule has 1 aromatic heterocycles. The minimum atomic E-state index is -0.415. The number of benzene rings is 2. The summed E-state index contributed by atoms with van der Waals surface area (Å²) in [6.07, 6.45) is 2.97. The van der Waals surface area contributed by atoms with Gasteiger partial charge in [-0.05, 0) is 49.1 Å². The lowest BCUT2D eigenvalue weighted by atomic mass is 9.95. The lowest BCUT2D eigenvalue weighted by Crippen LogP contribution is -2.21. The van der Waals surface area contributed by atoms with Crippen LogP contribution < -0.4 is 10.2 Å². The number of pyridine rings is 1. The average Bonchev–Trinajstić information content (AvgIpc) is 3.24. The summed E-state index contributed by atoms with van der Waals surface area (Å²) in [5.41, 5.74) is 1.76. The van der Waals surface area contributed by atoms with Crippen LogP contribution in [0.15, 0.2) is 54.6 Å². The SMILES string of the molecule is CC[C@H](C(=O)Nc1cc(F)c2nc(N3CCCC3)ccc2c1)c1ccccc1. The van der Waals surface area contributed by atoms with Crippen LogP contribution in [0.4, 0.5) is 15.9 Å². The maximum Gasteiger partial charge on any atom is 0.231 e. The summed E-state index contributed by atoms with van der Waals surface area (Å²) in [6.45, 7) is 3.90. The molecular weight excluding hydrogens is 353 g/mol. The Morgan fingerprint density at radius 2 is 1.89 bits per heavy atom. The van der Waals surface area contributed by atoms with Crippen LogP contribution in [0, 0.1) is 5.82 Å². The molecule has 144 valence electrons. The minimum absolute atomic E-state index is 0.130.